The van der Waals surface area contributed by atoms with E-state index < -0.39 is 6.09 Å². The third-order valence-electron chi connectivity index (χ3n) is 3.06. The van der Waals surface area contributed by atoms with E-state index in [0.29, 0.717) is 13.1 Å². The van der Waals surface area contributed by atoms with Crippen LogP contribution in [0, 0.1) is 0 Å². The second-order valence-corrected chi connectivity index (χ2v) is 4.86. The van der Waals surface area contributed by atoms with Gasteiger partial charge in [0, 0.05) is 6.42 Å². The Morgan fingerprint density at radius 3 is 2.23 bits per heavy atom. The first-order valence-corrected chi connectivity index (χ1v) is 4.64. The highest BCUT2D eigenvalue weighted by Gasteiger charge is 2.47. The molecular formula is C9H18N2O2. The lowest BCUT2D eigenvalue weighted by Crippen LogP contribution is -2.66. The molecule has 1 aliphatic heterocycles. The Balaban J connectivity index is 2.97. The van der Waals surface area contributed by atoms with Crippen LogP contribution >= 0.6 is 0 Å². The van der Waals surface area contributed by atoms with Gasteiger partial charge in [0.05, 0.1) is 18.1 Å². The molecule has 76 valence electrons. The molecule has 1 fully saturated rings. The summed E-state index contributed by atoms with van der Waals surface area (Å²) in [5, 5.41) is 11.1. The van der Waals surface area contributed by atoms with Crippen LogP contribution in [0.4, 0.5) is 4.79 Å². The molecule has 2 N–H and O–H groups in total. The molecule has 0 aliphatic carbocycles. The van der Waals surface area contributed by atoms with Crippen LogP contribution in [-0.2, 0) is 0 Å². The Bertz CT molecular complexity index is 222. The highest BCUT2D eigenvalue weighted by atomic mass is 16.4. The van der Waals surface area contributed by atoms with E-state index in [9.17, 15) is 9.90 Å². The zero-order valence-electron chi connectivity index (χ0n) is 8.54. The fraction of sp³-hybridized carbons (Fsp3) is 0.889. The van der Waals surface area contributed by atoms with Gasteiger partial charge in [-0.25, -0.2) is 0 Å². The van der Waals surface area contributed by atoms with Crippen molar-refractivity contribution in [2.24, 2.45) is 5.73 Å². The van der Waals surface area contributed by atoms with Crippen LogP contribution < -0.4 is 10.8 Å². The minimum absolute atomic E-state index is 0.00266. The number of carboxylic acid groups (broad SMARTS) is 1. The van der Waals surface area contributed by atoms with Gasteiger partial charge in [-0.05, 0) is 20.8 Å². The molecule has 4 heteroatoms. The summed E-state index contributed by atoms with van der Waals surface area (Å²) in [4.78, 5) is 11.1. The van der Waals surface area contributed by atoms with Crippen LogP contribution in [0.5, 0.6) is 0 Å². The molecule has 1 unspecified atom stereocenters. The average molecular weight is 186 g/mol. The molecular weight excluding hydrogens is 168 g/mol. The topological polar surface area (TPSA) is 66.1 Å². The molecule has 0 aromatic carbocycles. The molecule has 0 spiro atoms. The first kappa shape index (κ1) is 10.5. The van der Waals surface area contributed by atoms with Gasteiger partial charge in [0.2, 0.25) is 0 Å². The lowest BCUT2D eigenvalue weighted by molar-refractivity contribution is -0.909. The molecule has 1 heterocycles. The average Bonchev–Trinajstić information content (AvgIpc) is 2.30. The van der Waals surface area contributed by atoms with Crippen molar-refractivity contribution < 1.29 is 14.4 Å². The highest BCUT2D eigenvalue weighted by Crippen LogP contribution is 2.30. The maximum atomic E-state index is 11.1. The summed E-state index contributed by atoms with van der Waals surface area (Å²) in [6.07, 6.45) is -0.230. The smallest absolute Gasteiger partial charge is 0.257 e. The number of hydrogen-bond acceptors (Lipinski definition) is 3. The number of carbonyl (C=O) groups excluding carboxylic acids is 1. The Labute approximate surface area is 78.9 Å². The summed E-state index contributed by atoms with van der Waals surface area (Å²) in [5.74, 6) is 0. The maximum Gasteiger partial charge on any atom is 0.257 e. The largest absolute Gasteiger partial charge is 0.498 e. The van der Waals surface area contributed by atoms with Gasteiger partial charge in [-0.15, -0.1) is 0 Å². The van der Waals surface area contributed by atoms with E-state index >= 15 is 0 Å². The first-order chi connectivity index (χ1) is 5.79. The molecule has 2 atom stereocenters. The molecule has 1 amide bonds. The second-order valence-electron chi connectivity index (χ2n) is 4.86. The van der Waals surface area contributed by atoms with Crippen molar-refractivity contribution >= 4 is 6.09 Å². The van der Waals surface area contributed by atoms with Crippen LogP contribution in [0.2, 0.25) is 0 Å². The minimum atomic E-state index is -1.000. The van der Waals surface area contributed by atoms with Crippen LogP contribution in [-0.4, -0.2) is 35.2 Å². The van der Waals surface area contributed by atoms with E-state index in [1.807, 2.05) is 20.8 Å². The Morgan fingerprint density at radius 1 is 1.54 bits per heavy atom. The van der Waals surface area contributed by atoms with Crippen LogP contribution in [0.1, 0.15) is 27.2 Å². The van der Waals surface area contributed by atoms with Gasteiger partial charge >= 0.3 is 0 Å². The van der Waals surface area contributed by atoms with Crippen molar-refractivity contribution in [1.82, 2.24) is 0 Å². The number of hydrogen-bond donors (Lipinski definition) is 1. The molecule has 0 saturated carbocycles. The number of amides is 1. The van der Waals surface area contributed by atoms with Gasteiger partial charge in [-0.2, -0.15) is 0 Å². The lowest BCUT2D eigenvalue weighted by Gasteiger charge is -2.44. The van der Waals surface area contributed by atoms with Crippen LogP contribution in [0.25, 0.3) is 0 Å². The standard InChI is InChI=1S/C9H18N2O2/c1-9(2,3)11(8(12)13)5-4-7(10)6-11/h7H,4-6,10H2,1-3H3/t7-,11?/m0/s1. The van der Waals surface area contributed by atoms with E-state index in [-0.39, 0.29) is 16.1 Å². The van der Waals surface area contributed by atoms with Crippen molar-refractivity contribution in [2.75, 3.05) is 13.1 Å². The molecule has 1 rings (SSSR count). The number of nitrogens with zero attached hydrogens (tertiary/aromatic N) is 1. The summed E-state index contributed by atoms with van der Waals surface area (Å²) in [7, 11) is 0. The van der Waals surface area contributed by atoms with Crippen molar-refractivity contribution in [3.8, 4) is 0 Å². The first-order valence-electron chi connectivity index (χ1n) is 4.64. The molecule has 0 bridgehead atoms. The number of nitrogens with two attached hydrogens (primary N) is 1. The Morgan fingerprint density at radius 2 is 2.08 bits per heavy atom. The van der Waals surface area contributed by atoms with Crippen molar-refractivity contribution in [2.45, 2.75) is 38.8 Å². The molecule has 0 aromatic heterocycles. The van der Waals surface area contributed by atoms with E-state index in [0.717, 1.165) is 6.42 Å². The molecule has 13 heavy (non-hydrogen) atoms. The van der Waals surface area contributed by atoms with E-state index in [2.05, 4.69) is 0 Å². The fourth-order valence-electron chi connectivity index (χ4n) is 2.02. The SMILES string of the molecule is CC(C)(C)[N+]1(C(=O)[O-])CC[C@H](N)C1. The third kappa shape index (κ3) is 1.56. The van der Waals surface area contributed by atoms with E-state index in [4.69, 9.17) is 5.73 Å². The number of likely N-dealkylation sites (tertiary alicyclic amines) is 1. The predicted molar refractivity (Wildman–Crippen MR) is 47.7 cm³/mol. The summed E-state index contributed by atoms with van der Waals surface area (Å²) >= 11 is 0. The Kier molecular flexibility index (Phi) is 2.38. The van der Waals surface area contributed by atoms with Gasteiger partial charge in [-0.3, -0.25) is 4.48 Å². The molecule has 0 aromatic rings. The number of quaternary nitrogens is 1. The van der Waals surface area contributed by atoms with Gasteiger partial charge in [-0.1, -0.05) is 0 Å². The summed E-state index contributed by atoms with van der Waals surface area (Å²) in [6.45, 7) is 6.83. The van der Waals surface area contributed by atoms with Gasteiger partial charge in [0.1, 0.15) is 6.54 Å². The minimum Gasteiger partial charge on any atom is -0.498 e. The molecule has 4 nitrogen and oxygen atoms in total. The van der Waals surface area contributed by atoms with Gasteiger partial charge in [0.15, 0.2) is 0 Å². The fourth-order valence-corrected chi connectivity index (χ4v) is 2.02. The van der Waals surface area contributed by atoms with E-state index in [1.165, 1.54) is 0 Å². The van der Waals surface area contributed by atoms with Crippen molar-refractivity contribution in [3.63, 3.8) is 0 Å². The summed E-state index contributed by atoms with van der Waals surface area (Å²) < 4.78 is -0.00579. The lowest BCUT2D eigenvalue weighted by atomic mass is 10.0. The summed E-state index contributed by atoms with van der Waals surface area (Å²) in [5.41, 5.74) is 5.41. The van der Waals surface area contributed by atoms with Crippen molar-refractivity contribution in [3.05, 3.63) is 0 Å². The molecule has 1 saturated heterocycles. The molecule has 0 radical (unpaired) electrons. The third-order valence-corrected chi connectivity index (χ3v) is 3.06. The highest BCUT2D eigenvalue weighted by molar-refractivity contribution is 5.55. The zero-order valence-corrected chi connectivity index (χ0v) is 8.54. The van der Waals surface area contributed by atoms with Gasteiger partial charge < -0.3 is 15.6 Å². The predicted octanol–water partition coefficient (Wildman–Crippen LogP) is -0.324. The normalized spacial score (nSPS) is 34.9. The van der Waals surface area contributed by atoms with Crippen LogP contribution in [0.3, 0.4) is 0 Å². The second kappa shape index (κ2) is 2.96. The molecule has 1 aliphatic rings. The van der Waals surface area contributed by atoms with E-state index in [1.54, 1.807) is 0 Å². The summed E-state index contributed by atoms with van der Waals surface area (Å²) in [6, 6.07) is -0.00266. The Hall–Kier alpha value is -0.610. The van der Waals surface area contributed by atoms with Crippen LogP contribution in [0.15, 0.2) is 0 Å². The zero-order chi connectivity index (χ0) is 10.3. The quantitative estimate of drug-likeness (QED) is 0.527. The number of carbonyl (C=O) groups is 1. The van der Waals surface area contributed by atoms with Crippen molar-refractivity contribution in [1.29, 1.82) is 0 Å². The van der Waals surface area contributed by atoms with Gasteiger partial charge in [0.25, 0.3) is 6.09 Å². The number of rotatable bonds is 0. The monoisotopic (exact) mass is 186 g/mol. The maximum absolute atomic E-state index is 11.1.